The molecule has 0 saturated carbocycles. The molecular weight excluding hydrogens is 354 g/mol. The Labute approximate surface area is 148 Å². The van der Waals surface area contributed by atoms with Gasteiger partial charge in [-0.3, -0.25) is 9.59 Å². The van der Waals surface area contributed by atoms with Crippen molar-refractivity contribution in [1.29, 1.82) is 0 Å². The minimum absolute atomic E-state index is 0.0272. The number of benzene rings is 1. The molecule has 1 rings (SSSR count). The number of ether oxygens (including phenoxy) is 2. The summed E-state index contributed by atoms with van der Waals surface area (Å²) in [6.07, 6.45) is 0. The van der Waals surface area contributed by atoms with Crippen molar-refractivity contribution >= 4 is 17.8 Å². The molecule has 0 heterocycles. The molecule has 0 bridgehead atoms. The number of carbonyl (C=O) groups excluding carboxylic acids is 2. The predicted octanol–water partition coefficient (Wildman–Crippen LogP) is 1.35. The third-order valence-corrected chi connectivity index (χ3v) is 3.44. The Kier molecular flexibility index (Phi) is 7.76. The molecule has 144 valence electrons. The lowest BCUT2D eigenvalue weighted by Gasteiger charge is -2.27. The molecular formula is C16H20F2N2O6. The first-order valence-corrected chi connectivity index (χ1v) is 7.58. The van der Waals surface area contributed by atoms with E-state index in [1.165, 1.54) is 33.1 Å². The number of nitrogens with one attached hydrogen (secondary N) is 1. The van der Waals surface area contributed by atoms with Gasteiger partial charge in [0.25, 0.3) is 5.91 Å². The van der Waals surface area contributed by atoms with Crippen LogP contribution in [0.15, 0.2) is 18.2 Å². The average Bonchev–Trinajstić information content (AvgIpc) is 2.57. The highest BCUT2D eigenvalue weighted by molar-refractivity contribution is 5.97. The van der Waals surface area contributed by atoms with Crippen LogP contribution in [0.25, 0.3) is 0 Å². The second kappa shape index (κ2) is 9.54. The third-order valence-electron chi connectivity index (χ3n) is 3.44. The molecule has 0 spiro atoms. The molecule has 0 aromatic heterocycles. The summed E-state index contributed by atoms with van der Waals surface area (Å²) >= 11 is 0. The number of hydrogen-bond acceptors (Lipinski definition) is 5. The maximum Gasteiger partial charge on any atom is 0.387 e. The van der Waals surface area contributed by atoms with Crippen LogP contribution in [-0.2, 0) is 9.59 Å². The van der Waals surface area contributed by atoms with Crippen LogP contribution in [0.1, 0.15) is 24.2 Å². The zero-order chi connectivity index (χ0) is 19.9. The number of carbonyl (C=O) groups is 3. The Morgan fingerprint density at radius 2 is 1.92 bits per heavy atom. The van der Waals surface area contributed by atoms with Crippen molar-refractivity contribution in [3.63, 3.8) is 0 Å². The molecule has 2 N–H and O–H groups in total. The smallest absolute Gasteiger partial charge is 0.387 e. The summed E-state index contributed by atoms with van der Waals surface area (Å²) < 4.78 is 34.0. The normalized spacial score (nSPS) is 11.6. The van der Waals surface area contributed by atoms with Crippen molar-refractivity contribution in [2.75, 3.05) is 20.2 Å². The van der Waals surface area contributed by atoms with Gasteiger partial charge < -0.3 is 24.8 Å². The first kappa shape index (κ1) is 21.1. The van der Waals surface area contributed by atoms with Gasteiger partial charge in [0, 0.05) is 25.6 Å². The molecule has 1 atom stereocenters. The number of nitrogens with zero attached hydrogens (tertiary/aromatic N) is 1. The second-order valence-electron chi connectivity index (χ2n) is 5.24. The molecule has 0 fully saturated rings. The number of amides is 2. The maximum atomic E-state index is 12.7. The fraction of sp³-hybridized carbons (Fsp3) is 0.438. The Morgan fingerprint density at radius 1 is 1.27 bits per heavy atom. The van der Waals surface area contributed by atoms with Gasteiger partial charge in [-0.25, -0.2) is 4.79 Å². The van der Waals surface area contributed by atoms with E-state index in [4.69, 9.17) is 4.74 Å². The van der Waals surface area contributed by atoms with E-state index in [9.17, 15) is 28.3 Å². The van der Waals surface area contributed by atoms with Gasteiger partial charge >= 0.3 is 12.6 Å². The first-order valence-electron chi connectivity index (χ1n) is 7.58. The number of hydrogen-bond donors (Lipinski definition) is 2. The number of methoxy groups -OCH3 is 1. The fourth-order valence-corrected chi connectivity index (χ4v) is 2.12. The summed E-state index contributed by atoms with van der Waals surface area (Å²) in [6, 6.07) is 2.37. The highest BCUT2D eigenvalue weighted by Gasteiger charge is 2.27. The quantitative estimate of drug-likeness (QED) is 0.676. The van der Waals surface area contributed by atoms with Gasteiger partial charge in [0.15, 0.2) is 11.5 Å². The number of aliphatic carboxylic acids is 1. The lowest BCUT2D eigenvalue weighted by Crippen LogP contribution is -2.46. The van der Waals surface area contributed by atoms with Gasteiger partial charge in [-0.2, -0.15) is 8.78 Å². The number of carboxylic acid groups (broad SMARTS) is 1. The van der Waals surface area contributed by atoms with E-state index in [1.54, 1.807) is 0 Å². The third kappa shape index (κ3) is 5.87. The van der Waals surface area contributed by atoms with Gasteiger partial charge in [-0.15, -0.1) is 0 Å². The largest absolute Gasteiger partial charge is 0.493 e. The molecule has 0 aliphatic rings. The topological polar surface area (TPSA) is 105 Å². The fourth-order valence-electron chi connectivity index (χ4n) is 2.12. The number of alkyl halides is 2. The zero-order valence-electron chi connectivity index (χ0n) is 14.5. The van der Waals surface area contributed by atoms with Crippen molar-refractivity contribution in [3.8, 4) is 11.5 Å². The van der Waals surface area contributed by atoms with Crippen LogP contribution in [0.5, 0.6) is 11.5 Å². The van der Waals surface area contributed by atoms with E-state index in [1.807, 2.05) is 0 Å². The first-order chi connectivity index (χ1) is 12.2. The zero-order valence-corrected chi connectivity index (χ0v) is 14.5. The predicted molar refractivity (Wildman–Crippen MR) is 86.4 cm³/mol. The molecule has 0 radical (unpaired) electrons. The van der Waals surface area contributed by atoms with Crippen molar-refractivity contribution in [3.05, 3.63) is 23.8 Å². The lowest BCUT2D eigenvalue weighted by atomic mass is 10.1. The summed E-state index contributed by atoms with van der Waals surface area (Å²) in [5.41, 5.74) is 0.0272. The van der Waals surface area contributed by atoms with E-state index in [0.29, 0.717) is 0 Å². The molecule has 1 aromatic rings. The van der Waals surface area contributed by atoms with Crippen LogP contribution in [0.2, 0.25) is 0 Å². The van der Waals surface area contributed by atoms with Gasteiger partial charge in [-0.1, -0.05) is 0 Å². The van der Waals surface area contributed by atoms with E-state index in [-0.39, 0.29) is 36.1 Å². The van der Waals surface area contributed by atoms with Crippen LogP contribution in [0.3, 0.4) is 0 Å². The lowest BCUT2D eigenvalue weighted by molar-refractivity contribution is -0.141. The molecule has 1 aromatic carbocycles. The molecule has 8 nitrogen and oxygen atoms in total. The van der Waals surface area contributed by atoms with Crippen molar-refractivity contribution in [2.45, 2.75) is 26.5 Å². The van der Waals surface area contributed by atoms with Crippen molar-refractivity contribution < 1.29 is 37.7 Å². The van der Waals surface area contributed by atoms with Gasteiger partial charge in [0.2, 0.25) is 5.91 Å². The van der Waals surface area contributed by atoms with E-state index in [2.05, 4.69) is 10.1 Å². The van der Waals surface area contributed by atoms with Crippen LogP contribution in [-0.4, -0.2) is 60.6 Å². The number of rotatable bonds is 9. The van der Waals surface area contributed by atoms with E-state index < -0.39 is 24.5 Å². The van der Waals surface area contributed by atoms with Crippen LogP contribution >= 0.6 is 0 Å². The standard InChI is InChI=1S/C16H20F2N2O6/c1-9(15(23)24)20(7-6-19-10(2)21)14(22)11-4-5-12(26-16(17)18)13(8-11)25-3/h4-5,8-9,16H,6-7H2,1-3H3,(H,19,21)(H,23,24). The molecule has 0 saturated heterocycles. The molecule has 0 aliphatic heterocycles. The highest BCUT2D eigenvalue weighted by atomic mass is 19.3. The Bertz CT molecular complexity index is 668. The van der Waals surface area contributed by atoms with Gasteiger partial charge in [-0.05, 0) is 25.1 Å². The van der Waals surface area contributed by atoms with Crippen LogP contribution < -0.4 is 14.8 Å². The summed E-state index contributed by atoms with van der Waals surface area (Å²) in [5, 5.41) is 11.7. The minimum atomic E-state index is -3.06. The highest BCUT2D eigenvalue weighted by Crippen LogP contribution is 2.30. The molecule has 26 heavy (non-hydrogen) atoms. The van der Waals surface area contributed by atoms with Crippen LogP contribution in [0.4, 0.5) is 8.78 Å². The Morgan fingerprint density at radius 3 is 2.42 bits per heavy atom. The summed E-state index contributed by atoms with van der Waals surface area (Å²) in [7, 11) is 1.22. The molecule has 2 amide bonds. The Balaban J connectivity index is 3.08. The van der Waals surface area contributed by atoms with Gasteiger partial charge in [0.1, 0.15) is 6.04 Å². The second-order valence-corrected chi connectivity index (χ2v) is 5.24. The van der Waals surface area contributed by atoms with E-state index in [0.717, 1.165) is 11.0 Å². The van der Waals surface area contributed by atoms with Crippen molar-refractivity contribution in [1.82, 2.24) is 10.2 Å². The maximum absolute atomic E-state index is 12.7. The molecule has 1 unspecified atom stereocenters. The van der Waals surface area contributed by atoms with Gasteiger partial charge in [0.05, 0.1) is 7.11 Å². The Hall–Kier alpha value is -2.91. The molecule has 0 aliphatic carbocycles. The molecule has 10 heteroatoms. The van der Waals surface area contributed by atoms with E-state index >= 15 is 0 Å². The van der Waals surface area contributed by atoms with Crippen LogP contribution in [0, 0.1) is 0 Å². The minimum Gasteiger partial charge on any atom is -0.493 e. The summed E-state index contributed by atoms with van der Waals surface area (Å²) in [5.74, 6) is -2.57. The SMILES string of the molecule is COc1cc(C(=O)N(CCNC(C)=O)C(C)C(=O)O)ccc1OC(F)F. The summed E-state index contributed by atoms with van der Waals surface area (Å²) in [6.45, 7) is -0.447. The number of carboxylic acids is 1. The summed E-state index contributed by atoms with van der Waals surface area (Å²) in [4.78, 5) is 35.9. The number of halogens is 2. The monoisotopic (exact) mass is 374 g/mol. The van der Waals surface area contributed by atoms with Crippen molar-refractivity contribution in [2.24, 2.45) is 0 Å². The average molecular weight is 374 g/mol.